The van der Waals surface area contributed by atoms with Gasteiger partial charge in [0.15, 0.2) is 0 Å². The quantitative estimate of drug-likeness (QED) is 0.667. The van der Waals surface area contributed by atoms with Gasteiger partial charge in [-0.1, -0.05) is 91.0 Å². The van der Waals surface area contributed by atoms with Crippen LogP contribution in [0.3, 0.4) is 0 Å². The Kier molecular flexibility index (Phi) is 5.98. The average molecular weight is 357 g/mol. The number of benzene rings is 3. The standard InChI is InChI=1S/C25H28N2/c1-4-11-20(12-5-1)19-27-23-17-10-18-26-25(23)24(21-13-6-2-7-14-21)22-15-8-3-9-16-22/h1-9,11-16,23-27H,10,17-19H2/t23-,25-/m0/s1. The first-order valence-corrected chi connectivity index (χ1v) is 10.0. The van der Waals surface area contributed by atoms with E-state index in [1.54, 1.807) is 0 Å². The molecule has 0 aromatic heterocycles. The molecule has 0 bridgehead atoms. The van der Waals surface area contributed by atoms with Gasteiger partial charge in [0.25, 0.3) is 0 Å². The molecule has 0 saturated carbocycles. The molecule has 4 rings (SSSR count). The summed E-state index contributed by atoms with van der Waals surface area (Å²) in [5.74, 6) is 0.348. The predicted octanol–water partition coefficient (Wildman–Crippen LogP) is 4.73. The summed E-state index contributed by atoms with van der Waals surface area (Å²) in [6.45, 7) is 2.00. The van der Waals surface area contributed by atoms with E-state index in [1.165, 1.54) is 29.5 Å². The van der Waals surface area contributed by atoms with Crippen molar-refractivity contribution in [3.8, 4) is 0 Å². The Hall–Kier alpha value is -2.42. The zero-order valence-corrected chi connectivity index (χ0v) is 15.7. The zero-order chi connectivity index (χ0) is 18.3. The highest BCUT2D eigenvalue weighted by atomic mass is 15.0. The fourth-order valence-corrected chi connectivity index (χ4v) is 4.26. The molecule has 1 aliphatic rings. The van der Waals surface area contributed by atoms with E-state index >= 15 is 0 Å². The van der Waals surface area contributed by atoms with E-state index in [0.717, 1.165) is 13.1 Å². The largest absolute Gasteiger partial charge is 0.311 e. The maximum absolute atomic E-state index is 3.85. The molecule has 1 heterocycles. The summed E-state index contributed by atoms with van der Waals surface area (Å²) >= 11 is 0. The fraction of sp³-hybridized carbons (Fsp3) is 0.280. The molecule has 3 aromatic carbocycles. The predicted molar refractivity (Wildman–Crippen MR) is 113 cm³/mol. The van der Waals surface area contributed by atoms with Gasteiger partial charge in [-0.15, -0.1) is 0 Å². The van der Waals surface area contributed by atoms with Crippen LogP contribution in [0.15, 0.2) is 91.0 Å². The topological polar surface area (TPSA) is 24.1 Å². The van der Waals surface area contributed by atoms with Crippen LogP contribution < -0.4 is 10.6 Å². The smallest absolute Gasteiger partial charge is 0.0330 e. The summed E-state index contributed by atoms with van der Waals surface area (Å²) in [4.78, 5) is 0. The summed E-state index contributed by atoms with van der Waals surface area (Å²) in [6, 6.07) is 33.4. The average Bonchev–Trinajstić information content (AvgIpc) is 2.76. The number of hydrogen-bond donors (Lipinski definition) is 2. The van der Waals surface area contributed by atoms with Crippen molar-refractivity contribution in [1.82, 2.24) is 10.6 Å². The number of hydrogen-bond acceptors (Lipinski definition) is 2. The van der Waals surface area contributed by atoms with E-state index < -0.39 is 0 Å². The second kappa shape index (κ2) is 8.98. The Labute approximate surface area is 162 Å². The lowest BCUT2D eigenvalue weighted by Gasteiger charge is -2.39. The normalized spacial score (nSPS) is 19.9. The van der Waals surface area contributed by atoms with Gasteiger partial charge in [0, 0.05) is 24.5 Å². The van der Waals surface area contributed by atoms with Gasteiger partial charge in [0.05, 0.1) is 0 Å². The van der Waals surface area contributed by atoms with Gasteiger partial charge in [-0.2, -0.15) is 0 Å². The number of rotatable bonds is 6. The van der Waals surface area contributed by atoms with Crippen molar-refractivity contribution >= 4 is 0 Å². The Bertz CT molecular complexity index is 762. The van der Waals surface area contributed by atoms with Crippen molar-refractivity contribution in [3.63, 3.8) is 0 Å². The minimum atomic E-state index is 0.348. The molecule has 2 heteroatoms. The fourth-order valence-electron chi connectivity index (χ4n) is 4.26. The van der Waals surface area contributed by atoms with E-state index in [-0.39, 0.29) is 0 Å². The van der Waals surface area contributed by atoms with Crippen molar-refractivity contribution in [2.24, 2.45) is 0 Å². The van der Waals surface area contributed by atoms with Crippen molar-refractivity contribution in [3.05, 3.63) is 108 Å². The Morgan fingerprint density at radius 1 is 0.778 bits per heavy atom. The molecule has 0 amide bonds. The lowest BCUT2D eigenvalue weighted by molar-refractivity contribution is 0.280. The molecular weight excluding hydrogens is 328 g/mol. The van der Waals surface area contributed by atoms with Crippen molar-refractivity contribution in [1.29, 1.82) is 0 Å². The van der Waals surface area contributed by atoms with Crippen LogP contribution in [0.5, 0.6) is 0 Å². The molecule has 1 aliphatic heterocycles. The molecule has 0 spiro atoms. The third kappa shape index (κ3) is 4.47. The first-order chi connectivity index (χ1) is 13.4. The summed E-state index contributed by atoms with van der Waals surface area (Å²) < 4.78 is 0. The molecule has 2 atom stereocenters. The van der Waals surface area contributed by atoms with Crippen LogP contribution in [0.4, 0.5) is 0 Å². The van der Waals surface area contributed by atoms with Gasteiger partial charge >= 0.3 is 0 Å². The molecule has 2 nitrogen and oxygen atoms in total. The summed E-state index contributed by atoms with van der Waals surface area (Å²) in [5, 5.41) is 7.69. The van der Waals surface area contributed by atoms with Crippen LogP contribution >= 0.6 is 0 Å². The van der Waals surface area contributed by atoms with Crippen LogP contribution in [0.2, 0.25) is 0 Å². The molecule has 1 saturated heterocycles. The first kappa shape index (κ1) is 18.0. The molecule has 27 heavy (non-hydrogen) atoms. The van der Waals surface area contributed by atoms with E-state index in [4.69, 9.17) is 0 Å². The minimum Gasteiger partial charge on any atom is -0.311 e. The number of piperidine rings is 1. The van der Waals surface area contributed by atoms with Crippen LogP contribution in [0, 0.1) is 0 Å². The molecule has 138 valence electrons. The van der Waals surface area contributed by atoms with Gasteiger partial charge in [0.2, 0.25) is 0 Å². The second-order valence-corrected chi connectivity index (χ2v) is 7.39. The Morgan fingerprint density at radius 2 is 1.33 bits per heavy atom. The third-order valence-electron chi connectivity index (χ3n) is 5.59. The molecule has 0 aliphatic carbocycles. The zero-order valence-electron chi connectivity index (χ0n) is 15.7. The lowest BCUT2D eigenvalue weighted by Crippen LogP contribution is -2.54. The van der Waals surface area contributed by atoms with E-state index in [0.29, 0.717) is 18.0 Å². The van der Waals surface area contributed by atoms with Crippen LogP contribution in [0.25, 0.3) is 0 Å². The van der Waals surface area contributed by atoms with Crippen LogP contribution in [0.1, 0.15) is 35.4 Å². The maximum Gasteiger partial charge on any atom is 0.0330 e. The van der Waals surface area contributed by atoms with Crippen molar-refractivity contribution in [2.75, 3.05) is 6.54 Å². The first-order valence-electron chi connectivity index (χ1n) is 10.0. The SMILES string of the molecule is c1ccc(CN[C@H]2CCCN[C@@H]2C(c2ccccc2)c2ccccc2)cc1. The van der Waals surface area contributed by atoms with Gasteiger partial charge < -0.3 is 10.6 Å². The highest BCUT2D eigenvalue weighted by Crippen LogP contribution is 2.32. The van der Waals surface area contributed by atoms with Gasteiger partial charge in [-0.3, -0.25) is 0 Å². The molecule has 3 aromatic rings. The molecule has 0 radical (unpaired) electrons. The maximum atomic E-state index is 3.85. The number of nitrogens with one attached hydrogen (secondary N) is 2. The van der Waals surface area contributed by atoms with E-state index in [9.17, 15) is 0 Å². The lowest BCUT2D eigenvalue weighted by atomic mass is 9.79. The van der Waals surface area contributed by atoms with Crippen molar-refractivity contribution in [2.45, 2.75) is 37.4 Å². The van der Waals surface area contributed by atoms with E-state index in [2.05, 4.69) is 102 Å². The van der Waals surface area contributed by atoms with E-state index in [1.807, 2.05) is 0 Å². The third-order valence-corrected chi connectivity index (χ3v) is 5.59. The summed E-state index contributed by atoms with van der Waals surface area (Å²) in [7, 11) is 0. The van der Waals surface area contributed by atoms with Gasteiger partial charge in [-0.25, -0.2) is 0 Å². The molecular formula is C25H28N2. The minimum absolute atomic E-state index is 0.348. The monoisotopic (exact) mass is 356 g/mol. The Balaban J connectivity index is 1.60. The second-order valence-electron chi connectivity index (χ2n) is 7.39. The molecule has 1 fully saturated rings. The Morgan fingerprint density at radius 3 is 1.93 bits per heavy atom. The van der Waals surface area contributed by atoms with Crippen molar-refractivity contribution < 1.29 is 0 Å². The van der Waals surface area contributed by atoms with Crippen LogP contribution in [-0.2, 0) is 6.54 Å². The summed E-state index contributed by atoms with van der Waals surface area (Å²) in [5.41, 5.74) is 4.11. The van der Waals surface area contributed by atoms with Gasteiger partial charge in [0.1, 0.15) is 0 Å². The summed E-state index contributed by atoms with van der Waals surface area (Å²) in [6.07, 6.45) is 2.43. The molecule has 2 N–H and O–H groups in total. The highest BCUT2D eigenvalue weighted by molar-refractivity contribution is 5.35. The molecule has 0 unspecified atom stereocenters. The van der Waals surface area contributed by atoms with Crippen LogP contribution in [-0.4, -0.2) is 18.6 Å². The van der Waals surface area contributed by atoms with Gasteiger partial charge in [-0.05, 0) is 36.1 Å². The highest BCUT2D eigenvalue weighted by Gasteiger charge is 2.33.